The van der Waals surface area contributed by atoms with E-state index in [9.17, 15) is 0 Å². The predicted molar refractivity (Wildman–Crippen MR) is 50.2 cm³/mol. The number of benzene rings is 1. The molecular weight excluding hydrogens is 227 g/mol. The van der Waals surface area contributed by atoms with Crippen LogP contribution in [0, 0.1) is 0 Å². The molecule has 3 N–H and O–H groups in total. The molecule has 0 aliphatic carbocycles. The Hall–Kier alpha value is -0.0900. The highest BCUT2D eigenvalue weighted by atomic mass is 79.9. The van der Waals surface area contributed by atoms with Crippen molar-refractivity contribution in [1.29, 1.82) is 0 Å². The molecular formula is C7H8BrClN2. The van der Waals surface area contributed by atoms with Gasteiger partial charge in [-0.1, -0.05) is 27.5 Å². The van der Waals surface area contributed by atoms with Gasteiger partial charge in [0.25, 0.3) is 0 Å². The number of hydrazine groups is 1. The summed E-state index contributed by atoms with van der Waals surface area (Å²) in [7, 11) is 0. The van der Waals surface area contributed by atoms with Gasteiger partial charge in [0.1, 0.15) is 0 Å². The van der Waals surface area contributed by atoms with E-state index in [-0.39, 0.29) is 0 Å². The van der Waals surface area contributed by atoms with E-state index in [1.165, 1.54) is 0 Å². The van der Waals surface area contributed by atoms with Crippen molar-refractivity contribution in [3.63, 3.8) is 0 Å². The van der Waals surface area contributed by atoms with Crippen LogP contribution in [0.5, 0.6) is 0 Å². The van der Waals surface area contributed by atoms with Crippen LogP contribution in [0.2, 0.25) is 5.02 Å². The van der Waals surface area contributed by atoms with Crippen LogP contribution in [0.15, 0.2) is 22.7 Å². The highest BCUT2D eigenvalue weighted by molar-refractivity contribution is 9.10. The van der Waals surface area contributed by atoms with Crippen molar-refractivity contribution in [3.8, 4) is 0 Å². The molecule has 0 bridgehead atoms. The molecule has 0 spiro atoms. The number of halogens is 2. The summed E-state index contributed by atoms with van der Waals surface area (Å²) in [6.07, 6.45) is 0. The van der Waals surface area contributed by atoms with E-state index in [2.05, 4.69) is 21.4 Å². The van der Waals surface area contributed by atoms with Gasteiger partial charge in [-0.3, -0.25) is 11.3 Å². The molecule has 0 heterocycles. The van der Waals surface area contributed by atoms with E-state index < -0.39 is 0 Å². The molecule has 0 amide bonds. The Morgan fingerprint density at radius 3 is 2.73 bits per heavy atom. The largest absolute Gasteiger partial charge is 0.271 e. The van der Waals surface area contributed by atoms with E-state index in [0.29, 0.717) is 11.6 Å². The molecule has 2 nitrogen and oxygen atoms in total. The molecule has 0 aromatic heterocycles. The van der Waals surface area contributed by atoms with Gasteiger partial charge in [-0.05, 0) is 23.8 Å². The average Bonchev–Trinajstić information content (AvgIpc) is 1.85. The Kier molecular flexibility index (Phi) is 3.33. The molecule has 4 heteroatoms. The van der Waals surface area contributed by atoms with Gasteiger partial charge in [-0.25, -0.2) is 0 Å². The topological polar surface area (TPSA) is 38.0 Å². The van der Waals surface area contributed by atoms with Crippen molar-refractivity contribution in [1.82, 2.24) is 5.43 Å². The molecule has 11 heavy (non-hydrogen) atoms. The first kappa shape index (κ1) is 9.00. The van der Waals surface area contributed by atoms with Crippen molar-refractivity contribution >= 4 is 27.5 Å². The smallest absolute Gasteiger partial charge is 0.0420 e. The summed E-state index contributed by atoms with van der Waals surface area (Å²) in [4.78, 5) is 0. The Labute approximate surface area is 78.8 Å². The van der Waals surface area contributed by atoms with Crippen LogP contribution in [0.25, 0.3) is 0 Å². The lowest BCUT2D eigenvalue weighted by Gasteiger charge is -2.00. The van der Waals surface area contributed by atoms with Crippen LogP contribution in [0.4, 0.5) is 0 Å². The van der Waals surface area contributed by atoms with Crippen LogP contribution in [0.3, 0.4) is 0 Å². The fourth-order valence-electron chi connectivity index (χ4n) is 0.831. The second-order valence-electron chi connectivity index (χ2n) is 2.16. The van der Waals surface area contributed by atoms with Gasteiger partial charge in [-0.15, -0.1) is 0 Å². The minimum atomic E-state index is 0.624. The van der Waals surface area contributed by atoms with Crippen LogP contribution >= 0.6 is 27.5 Å². The first-order valence-electron chi connectivity index (χ1n) is 3.11. The third-order valence-corrected chi connectivity index (χ3v) is 1.90. The van der Waals surface area contributed by atoms with Gasteiger partial charge >= 0.3 is 0 Å². The second-order valence-corrected chi connectivity index (χ2v) is 3.51. The Balaban J connectivity index is 2.89. The molecule has 0 saturated carbocycles. The second kappa shape index (κ2) is 4.07. The number of hydrogen-bond acceptors (Lipinski definition) is 2. The van der Waals surface area contributed by atoms with E-state index in [4.69, 9.17) is 17.4 Å². The predicted octanol–water partition coefficient (Wildman–Crippen LogP) is 2.07. The molecule has 1 aromatic rings. The Morgan fingerprint density at radius 2 is 2.18 bits per heavy atom. The molecule has 60 valence electrons. The van der Waals surface area contributed by atoms with Crippen molar-refractivity contribution in [3.05, 3.63) is 33.3 Å². The van der Waals surface area contributed by atoms with Gasteiger partial charge in [0, 0.05) is 16.0 Å². The van der Waals surface area contributed by atoms with Gasteiger partial charge < -0.3 is 0 Å². The summed E-state index contributed by atoms with van der Waals surface area (Å²) in [6.45, 7) is 0.624. The maximum Gasteiger partial charge on any atom is 0.0420 e. The van der Waals surface area contributed by atoms with E-state index in [1.807, 2.05) is 18.2 Å². The Morgan fingerprint density at radius 1 is 1.45 bits per heavy atom. The zero-order valence-corrected chi connectivity index (χ0v) is 8.11. The molecule has 0 saturated heterocycles. The van der Waals surface area contributed by atoms with Crippen molar-refractivity contribution in [2.45, 2.75) is 6.54 Å². The zero-order valence-electron chi connectivity index (χ0n) is 5.77. The SMILES string of the molecule is NNCc1cc(Cl)cc(Br)c1. The number of nitrogens with two attached hydrogens (primary N) is 1. The van der Waals surface area contributed by atoms with Gasteiger partial charge in [0.2, 0.25) is 0 Å². The summed E-state index contributed by atoms with van der Waals surface area (Å²) in [5.74, 6) is 5.15. The molecule has 0 radical (unpaired) electrons. The lowest BCUT2D eigenvalue weighted by Crippen LogP contribution is -2.20. The summed E-state index contributed by atoms with van der Waals surface area (Å²) in [5.41, 5.74) is 3.62. The maximum atomic E-state index is 5.79. The molecule has 0 aliphatic heterocycles. The molecule has 0 unspecified atom stereocenters. The van der Waals surface area contributed by atoms with Crippen LogP contribution in [0.1, 0.15) is 5.56 Å². The summed E-state index contributed by atoms with van der Waals surface area (Å²) in [5, 5.41) is 0.713. The third-order valence-electron chi connectivity index (χ3n) is 1.23. The normalized spacial score (nSPS) is 10.1. The standard InChI is InChI=1S/C7H8BrClN2/c8-6-1-5(4-11-10)2-7(9)3-6/h1-3,11H,4,10H2. The monoisotopic (exact) mass is 234 g/mol. The first-order chi connectivity index (χ1) is 5.22. The molecule has 0 fully saturated rings. The molecule has 1 rings (SSSR count). The number of rotatable bonds is 2. The van der Waals surface area contributed by atoms with Crippen molar-refractivity contribution in [2.24, 2.45) is 5.84 Å². The quantitative estimate of drug-likeness (QED) is 0.608. The first-order valence-corrected chi connectivity index (χ1v) is 4.28. The van der Waals surface area contributed by atoms with Gasteiger partial charge in [0.05, 0.1) is 0 Å². The number of hydrogen-bond donors (Lipinski definition) is 2. The average molecular weight is 236 g/mol. The molecule has 0 aliphatic rings. The van der Waals surface area contributed by atoms with Crippen molar-refractivity contribution in [2.75, 3.05) is 0 Å². The van der Waals surface area contributed by atoms with Gasteiger partial charge in [0.15, 0.2) is 0 Å². The highest BCUT2D eigenvalue weighted by Gasteiger charge is 1.95. The third kappa shape index (κ3) is 2.79. The van der Waals surface area contributed by atoms with Crippen molar-refractivity contribution < 1.29 is 0 Å². The summed E-state index contributed by atoms with van der Waals surface area (Å²) >= 11 is 9.12. The van der Waals surface area contributed by atoms with E-state index in [0.717, 1.165) is 10.0 Å². The fraction of sp³-hybridized carbons (Fsp3) is 0.143. The molecule has 0 atom stereocenters. The lowest BCUT2D eigenvalue weighted by molar-refractivity contribution is 0.741. The molecule has 1 aromatic carbocycles. The maximum absolute atomic E-state index is 5.79. The minimum absolute atomic E-state index is 0.624. The summed E-state index contributed by atoms with van der Waals surface area (Å²) in [6, 6.07) is 5.67. The minimum Gasteiger partial charge on any atom is -0.271 e. The highest BCUT2D eigenvalue weighted by Crippen LogP contribution is 2.19. The summed E-state index contributed by atoms with van der Waals surface area (Å²) < 4.78 is 0.968. The zero-order chi connectivity index (χ0) is 8.27. The van der Waals surface area contributed by atoms with E-state index in [1.54, 1.807) is 0 Å². The fourth-order valence-corrected chi connectivity index (χ4v) is 1.76. The lowest BCUT2D eigenvalue weighted by atomic mass is 10.2. The van der Waals surface area contributed by atoms with Crippen LogP contribution in [-0.2, 0) is 6.54 Å². The van der Waals surface area contributed by atoms with Crippen LogP contribution in [-0.4, -0.2) is 0 Å². The van der Waals surface area contributed by atoms with E-state index >= 15 is 0 Å². The Bertz CT molecular complexity index is 232. The van der Waals surface area contributed by atoms with Crippen LogP contribution < -0.4 is 11.3 Å². The number of nitrogens with one attached hydrogen (secondary N) is 1. The van der Waals surface area contributed by atoms with Gasteiger partial charge in [-0.2, -0.15) is 0 Å².